The number of carbonyl (C=O) groups excluding carboxylic acids is 1. The predicted octanol–water partition coefficient (Wildman–Crippen LogP) is 1.79. The molecule has 0 aromatic heterocycles. The molecule has 4 nitrogen and oxygen atoms in total. The van der Waals surface area contributed by atoms with Gasteiger partial charge in [0.15, 0.2) is 6.10 Å². The maximum Gasteiger partial charge on any atom is 0.347 e. The third kappa shape index (κ3) is 2.58. The van der Waals surface area contributed by atoms with E-state index in [0.717, 1.165) is 12.0 Å². The van der Waals surface area contributed by atoms with Crippen molar-refractivity contribution in [3.8, 4) is 5.75 Å². The van der Waals surface area contributed by atoms with Crippen LogP contribution in [-0.4, -0.2) is 18.7 Å². The number of para-hydroxylation sites is 1. The monoisotopic (exact) mass is 235 g/mol. The Kier molecular flexibility index (Phi) is 3.64. The first-order chi connectivity index (χ1) is 8.22. The van der Waals surface area contributed by atoms with Gasteiger partial charge in [-0.2, -0.15) is 0 Å². The fourth-order valence-electron chi connectivity index (χ4n) is 1.85. The summed E-state index contributed by atoms with van der Waals surface area (Å²) in [6, 6.07) is 7.51. The molecule has 1 fully saturated rings. The second kappa shape index (κ2) is 5.19. The molecule has 92 valence electrons. The maximum atomic E-state index is 11.4. The number of hydrogen-bond acceptors (Lipinski definition) is 4. The molecule has 0 amide bonds. The molecule has 4 heteroatoms. The van der Waals surface area contributed by atoms with Crippen LogP contribution in [0, 0.1) is 0 Å². The molecule has 2 N–H and O–H groups in total. The molecule has 0 bridgehead atoms. The Bertz CT molecular complexity index is 405. The average molecular weight is 235 g/mol. The zero-order valence-electron chi connectivity index (χ0n) is 9.89. The molecule has 1 heterocycles. The summed E-state index contributed by atoms with van der Waals surface area (Å²) in [5.74, 6) is 0.399. The van der Waals surface area contributed by atoms with Crippen molar-refractivity contribution >= 4 is 5.97 Å². The van der Waals surface area contributed by atoms with Gasteiger partial charge in [0.25, 0.3) is 0 Å². The minimum Gasteiger partial charge on any atom is -0.478 e. The molecule has 1 aromatic carbocycles. The molecule has 1 aliphatic heterocycles. The number of ether oxygens (including phenoxy) is 2. The van der Waals surface area contributed by atoms with Crippen LogP contribution in [0.25, 0.3) is 0 Å². The summed E-state index contributed by atoms with van der Waals surface area (Å²) in [6.45, 7) is 2.46. The molecule has 0 radical (unpaired) electrons. The molecule has 0 saturated carbocycles. The second-order valence-corrected chi connectivity index (χ2v) is 4.12. The lowest BCUT2D eigenvalue weighted by Crippen LogP contribution is -2.23. The van der Waals surface area contributed by atoms with Crippen LogP contribution < -0.4 is 10.5 Å². The van der Waals surface area contributed by atoms with E-state index in [0.29, 0.717) is 18.8 Å². The van der Waals surface area contributed by atoms with E-state index in [2.05, 4.69) is 0 Å². The molecule has 2 rings (SSSR count). The largest absolute Gasteiger partial charge is 0.478 e. The molecule has 1 aromatic rings. The minimum atomic E-state index is -0.486. The van der Waals surface area contributed by atoms with E-state index < -0.39 is 6.10 Å². The number of carbonyl (C=O) groups is 1. The number of benzene rings is 1. The summed E-state index contributed by atoms with van der Waals surface area (Å²) in [5, 5.41) is 0. The van der Waals surface area contributed by atoms with Gasteiger partial charge in [-0.15, -0.1) is 0 Å². The summed E-state index contributed by atoms with van der Waals surface area (Å²) in [4.78, 5) is 11.4. The summed E-state index contributed by atoms with van der Waals surface area (Å²) in [7, 11) is 0. The Labute approximate surface area is 101 Å². The van der Waals surface area contributed by atoms with Crippen molar-refractivity contribution in [1.29, 1.82) is 0 Å². The number of cyclic esters (lactones) is 1. The van der Waals surface area contributed by atoms with Gasteiger partial charge in [-0.3, -0.25) is 0 Å². The Morgan fingerprint density at radius 3 is 2.94 bits per heavy atom. The predicted molar refractivity (Wildman–Crippen MR) is 63.7 cm³/mol. The average Bonchev–Trinajstić information content (AvgIpc) is 2.75. The van der Waals surface area contributed by atoms with Crippen LogP contribution in [-0.2, 0) is 9.53 Å². The van der Waals surface area contributed by atoms with Gasteiger partial charge < -0.3 is 15.2 Å². The summed E-state index contributed by atoms with van der Waals surface area (Å²) >= 11 is 0. The van der Waals surface area contributed by atoms with Crippen LogP contribution in [0.1, 0.15) is 31.4 Å². The van der Waals surface area contributed by atoms with Crippen LogP contribution in [0.5, 0.6) is 5.75 Å². The third-order valence-electron chi connectivity index (χ3n) is 2.91. The van der Waals surface area contributed by atoms with Crippen molar-refractivity contribution < 1.29 is 14.3 Å². The first-order valence-corrected chi connectivity index (χ1v) is 5.90. The van der Waals surface area contributed by atoms with Crippen LogP contribution in [0.3, 0.4) is 0 Å². The highest BCUT2D eigenvalue weighted by molar-refractivity contribution is 5.76. The quantitative estimate of drug-likeness (QED) is 0.808. The highest BCUT2D eigenvalue weighted by Gasteiger charge is 2.29. The Morgan fingerprint density at radius 2 is 2.29 bits per heavy atom. The van der Waals surface area contributed by atoms with Gasteiger partial charge in [-0.05, 0) is 12.5 Å². The van der Waals surface area contributed by atoms with Gasteiger partial charge in [0.1, 0.15) is 5.75 Å². The van der Waals surface area contributed by atoms with E-state index in [1.807, 2.05) is 31.2 Å². The number of hydrogen-bond donors (Lipinski definition) is 1. The van der Waals surface area contributed by atoms with Gasteiger partial charge in [0, 0.05) is 18.0 Å². The van der Waals surface area contributed by atoms with Crippen LogP contribution in [0.4, 0.5) is 0 Å². The van der Waals surface area contributed by atoms with Gasteiger partial charge in [0.2, 0.25) is 0 Å². The van der Waals surface area contributed by atoms with E-state index in [9.17, 15) is 4.79 Å². The normalized spacial score (nSPS) is 21.1. The van der Waals surface area contributed by atoms with Gasteiger partial charge in [-0.25, -0.2) is 4.79 Å². The van der Waals surface area contributed by atoms with Crippen molar-refractivity contribution in [3.05, 3.63) is 29.8 Å². The van der Waals surface area contributed by atoms with Crippen molar-refractivity contribution in [3.63, 3.8) is 0 Å². The summed E-state index contributed by atoms with van der Waals surface area (Å²) in [6.07, 6.45) is 0.949. The Hall–Kier alpha value is -1.55. The molecule has 0 aliphatic carbocycles. The Morgan fingerprint density at radius 1 is 1.53 bits per heavy atom. The smallest absolute Gasteiger partial charge is 0.347 e. The molecule has 17 heavy (non-hydrogen) atoms. The van der Waals surface area contributed by atoms with Crippen molar-refractivity contribution in [2.75, 3.05) is 6.61 Å². The molecule has 1 aliphatic rings. The highest BCUT2D eigenvalue weighted by Crippen LogP contribution is 2.27. The SMILES string of the molecule is CC[C@@H](N)c1ccccc1OC1CCOC1=O. The topological polar surface area (TPSA) is 61.6 Å². The van der Waals surface area contributed by atoms with E-state index in [1.54, 1.807) is 0 Å². The van der Waals surface area contributed by atoms with E-state index in [4.69, 9.17) is 15.2 Å². The second-order valence-electron chi connectivity index (χ2n) is 4.12. The van der Waals surface area contributed by atoms with Gasteiger partial charge in [0.05, 0.1) is 6.61 Å². The molecule has 0 spiro atoms. The molecule has 1 unspecified atom stereocenters. The van der Waals surface area contributed by atoms with Crippen molar-refractivity contribution in [1.82, 2.24) is 0 Å². The number of nitrogens with two attached hydrogens (primary N) is 1. The number of esters is 1. The van der Waals surface area contributed by atoms with E-state index in [-0.39, 0.29) is 12.0 Å². The van der Waals surface area contributed by atoms with Gasteiger partial charge >= 0.3 is 5.97 Å². The summed E-state index contributed by atoms with van der Waals surface area (Å²) < 4.78 is 10.6. The van der Waals surface area contributed by atoms with Crippen LogP contribution in [0.15, 0.2) is 24.3 Å². The van der Waals surface area contributed by atoms with E-state index >= 15 is 0 Å². The molecular weight excluding hydrogens is 218 g/mol. The van der Waals surface area contributed by atoms with Crippen LogP contribution in [0.2, 0.25) is 0 Å². The molecular formula is C13H17NO3. The van der Waals surface area contributed by atoms with Crippen molar-refractivity contribution in [2.45, 2.75) is 31.9 Å². The summed E-state index contributed by atoms with van der Waals surface area (Å²) in [5.41, 5.74) is 6.95. The lowest BCUT2D eigenvalue weighted by molar-refractivity contribution is -0.143. The highest BCUT2D eigenvalue weighted by atomic mass is 16.6. The fraction of sp³-hybridized carbons (Fsp3) is 0.462. The number of rotatable bonds is 4. The first-order valence-electron chi connectivity index (χ1n) is 5.90. The maximum absolute atomic E-state index is 11.4. The Balaban J connectivity index is 2.17. The lowest BCUT2D eigenvalue weighted by atomic mass is 10.0. The van der Waals surface area contributed by atoms with Crippen molar-refractivity contribution in [2.24, 2.45) is 5.73 Å². The standard InChI is InChI=1S/C13H17NO3/c1-2-10(14)9-5-3-4-6-11(9)17-12-7-8-16-13(12)15/h3-6,10,12H,2,7-8,14H2,1H3/t10-,12?/m1/s1. The zero-order valence-corrected chi connectivity index (χ0v) is 9.89. The third-order valence-corrected chi connectivity index (χ3v) is 2.91. The fourth-order valence-corrected chi connectivity index (χ4v) is 1.85. The first kappa shape index (κ1) is 11.9. The van der Waals surface area contributed by atoms with E-state index in [1.165, 1.54) is 0 Å². The molecule has 1 saturated heterocycles. The minimum absolute atomic E-state index is 0.0661. The zero-order chi connectivity index (χ0) is 12.3. The van der Waals surface area contributed by atoms with Gasteiger partial charge in [-0.1, -0.05) is 25.1 Å². The molecule has 2 atom stereocenters. The lowest BCUT2D eigenvalue weighted by Gasteiger charge is -2.17. The van der Waals surface area contributed by atoms with Crippen LogP contribution >= 0.6 is 0 Å².